The number of carbonyl (C=O) groups is 1. The Hall–Kier alpha value is -2.33. The van der Waals surface area contributed by atoms with Gasteiger partial charge in [-0.3, -0.25) is 5.43 Å². The number of hydrazine groups is 1. The number of carbonyl (C=O) groups excluding carboxylic acids is 1. The summed E-state index contributed by atoms with van der Waals surface area (Å²) in [7, 11) is 0. The minimum atomic E-state index is -0.360. The summed E-state index contributed by atoms with van der Waals surface area (Å²) in [5.74, 6) is 4.97. The Morgan fingerprint density at radius 1 is 0.947 bits per heavy atom. The summed E-state index contributed by atoms with van der Waals surface area (Å²) < 4.78 is 0. The first kappa shape index (κ1) is 13.1. The van der Waals surface area contributed by atoms with E-state index < -0.39 is 0 Å². The zero-order chi connectivity index (χ0) is 13.5. The van der Waals surface area contributed by atoms with E-state index in [0.717, 1.165) is 6.42 Å². The molecule has 0 spiro atoms. The van der Waals surface area contributed by atoms with Crippen molar-refractivity contribution in [3.8, 4) is 11.1 Å². The van der Waals surface area contributed by atoms with E-state index in [1.54, 1.807) is 0 Å². The fourth-order valence-electron chi connectivity index (χ4n) is 1.87. The average Bonchev–Trinajstić information content (AvgIpc) is 2.48. The first-order valence-electron chi connectivity index (χ1n) is 6.18. The van der Waals surface area contributed by atoms with Crippen molar-refractivity contribution in [3.05, 3.63) is 60.2 Å². The van der Waals surface area contributed by atoms with Crippen LogP contribution in [-0.4, -0.2) is 12.6 Å². The van der Waals surface area contributed by atoms with Crippen LogP contribution in [0.3, 0.4) is 0 Å². The first-order chi connectivity index (χ1) is 9.29. The number of benzene rings is 2. The number of amides is 2. The molecule has 4 heteroatoms. The second-order valence-corrected chi connectivity index (χ2v) is 4.21. The summed E-state index contributed by atoms with van der Waals surface area (Å²) in [5, 5.41) is 2.65. The SMILES string of the molecule is NNC(=O)NCCc1ccc(-c2ccccc2)cc1. The molecule has 0 saturated heterocycles. The number of hydrogen-bond acceptors (Lipinski definition) is 2. The third-order valence-corrected chi connectivity index (χ3v) is 2.89. The van der Waals surface area contributed by atoms with E-state index in [4.69, 9.17) is 5.84 Å². The topological polar surface area (TPSA) is 67.1 Å². The molecule has 0 atom stereocenters. The molecule has 2 aromatic rings. The van der Waals surface area contributed by atoms with Gasteiger partial charge < -0.3 is 5.32 Å². The van der Waals surface area contributed by atoms with Crippen LogP contribution in [-0.2, 0) is 6.42 Å². The van der Waals surface area contributed by atoms with Gasteiger partial charge in [-0.25, -0.2) is 10.6 Å². The molecule has 2 aromatic carbocycles. The summed E-state index contributed by atoms with van der Waals surface area (Å²) in [6, 6.07) is 18.2. The van der Waals surface area contributed by atoms with Crippen molar-refractivity contribution in [1.29, 1.82) is 0 Å². The van der Waals surface area contributed by atoms with Crippen molar-refractivity contribution in [1.82, 2.24) is 10.7 Å². The predicted molar refractivity (Wildman–Crippen MR) is 76.3 cm³/mol. The Bertz CT molecular complexity index is 523. The van der Waals surface area contributed by atoms with Crippen molar-refractivity contribution < 1.29 is 4.79 Å². The molecule has 0 aliphatic carbocycles. The Labute approximate surface area is 112 Å². The minimum Gasteiger partial charge on any atom is -0.337 e. The highest BCUT2D eigenvalue weighted by atomic mass is 16.2. The van der Waals surface area contributed by atoms with Crippen molar-refractivity contribution in [2.75, 3.05) is 6.54 Å². The Balaban J connectivity index is 1.94. The van der Waals surface area contributed by atoms with Crippen molar-refractivity contribution >= 4 is 6.03 Å². The van der Waals surface area contributed by atoms with Gasteiger partial charge in [0.05, 0.1) is 0 Å². The van der Waals surface area contributed by atoms with Gasteiger partial charge in [-0.2, -0.15) is 0 Å². The van der Waals surface area contributed by atoms with Crippen LogP contribution in [0.25, 0.3) is 11.1 Å². The molecule has 98 valence electrons. The maximum Gasteiger partial charge on any atom is 0.328 e. The molecule has 0 radical (unpaired) electrons. The van der Waals surface area contributed by atoms with Gasteiger partial charge in [0.15, 0.2) is 0 Å². The average molecular weight is 255 g/mol. The monoisotopic (exact) mass is 255 g/mol. The van der Waals surface area contributed by atoms with Crippen LogP contribution in [0, 0.1) is 0 Å². The van der Waals surface area contributed by atoms with Gasteiger partial charge in [0.2, 0.25) is 0 Å². The fourth-order valence-corrected chi connectivity index (χ4v) is 1.87. The quantitative estimate of drug-likeness (QED) is 0.445. The van der Waals surface area contributed by atoms with Crippen LogP contribution >= 0.6 is 0 Å². The van der Waals surface area contributed by atoms with Gasteiger partial charge >= 0.3 is 6.03 Å². The second kappa shape index (κ2) is 6.56. The van der Waals surface area contributed by atoms with Crippen molar-refractivity contribution in [2.24, 2.45) is 5.84 Å². The summed E-state index contributed by atoms with van der Waals surface area (Å²) in [5.41, 5.74) is 5.60. The van der Waals surface area contributed by atoms with Crippen LogP contribution in [0.4, 0.5) is 4.79 Å². The van der Waals surface area contributed by atoms with E-state index in [0.29, 0.717) is 6.54 Å². The van der Waals surface area contributed by atoms with Gasteiger partial charge in [0, 0.05) is 6.54 Å². The molecule has 0 saturated carbocycles. The van der Waals surface area contributed by atoms with E-state index in [9.17, 15) is 4.79 Å². The molecule has 2 rings (SSSR count). The summed E-state index contributed by atoms with van der Waals surface area (Å²) in [6.45, 7) is 0.563. The molecule has 19 heavy (non-hydrogen) atoms. The van der Waals surface area contributed by atoms with E-state index in [-0.39, 0.29) is 6.03 Å². The lowest BCUT2D eigenvalue weighted by Gasteiger charge is -2.06. The standard InChI is InChI=1S/C15H17N3O/c16-18-15(19)17-11-10-12-6-8-14(9-7-12)13-4-2-1-3-5-13/h1-9H,10-11,16H2,(H2,17,18,19). The smallest absolute Gasteiger partial charge is 0.328 e. The zero-order valence-corrected chi connectivity index (χ0v) is 10.6. The molecular formula is C15H17N3O. The normalized spacial score (nSPS) is 9.95. The van der Waals surface area contributed by atoms with Crippen LogP contribution < -0.4 is 16.6 Å². The fraction of sp³-hybridized carbons (Fsp3) is 0.133. The molecule has 0 aliphatic rings. The van der Waals surface area contributed by atoms with E-state index in [1.807, 2.05) is 23.6 Å². The number of urea groups is 1. The lowest BCUT2D eigenvalue weighted by Crippen LogP contribution is -2.40. The van der Waals surface area contributed by atoms with Crippen LogP contribution in [0.5, 0.6) is 0 Å². The van der Waals surface area contributed by atoms with E-state index in [2.05, 4.69) is 41.7 Å². The van der Waals surface area contributed by atoms with Gasteiger partial charge in [-0.15, -0.1) is 0 Å². The highest BCUT2D eigenvalue weighted by Gasteiger charge is 1.99. The highest BCUT2D eigenvalue weighted by Crippen LogP contribution is 2.19. The van der Waals surface area contributed by atoms with Crippen LogP contribution in [0.1, 0.15) is 5.56 Å². The molecule has 0 bridgehead atoms. The van der Waals surface area contributed by atoms with Crippen LogP contribution in [0.2, 0.25) is 0 Å². The molecular weight excluding hydrogens is 238 g/mol. The molecule has 0 aliphatic heterocycles. The summed E-state index contributed by atoms with van der Waals surface area (Å²) in [4.78, 5) is 10.9. The molecule has 0 heterocycles. The van der Waals surface area contributed by atoms with Crippen molar-refractivity contribution in [3.63, 3.8) is 0 Å². The number of nitrogens with one attached hydrogen (secondary N) is 2. The molecule has 4 nitrogen and oxygen atoms in total. The van der Waals surface area contributed by atoms with Gasteiger partial charge in [-0.1, -0.05) is 54.6 Å². The number of hydrogen-bond donors (Lipinski definition) is 3. The largest absolute Gasteiger partial charge is 0.337 e. The maximum absolute atomic E-state index is 10.9. The molecule has 0 aromatic heterocycles. The third kappa shape index (κ3) is 3.82. The first-order valence-corrected chi connectivity index (χ1v) is 6.18. The van der Waals surface area contributed by atoms with Crippen LogP contribution in [0.15, 0.2) is 54.6 Å². The zero-order valence-electron chi connectivity index (χ0n) is 10.6. The van der Waals surface area contributed by atoms with E-state index >= 15 is 0 Å². The Morgan fingerprint density at radius 2 is 1.58 bits per heavy atom. The minimum absolute atomic E-state index is 0.360. The second-order valence-electron chi connectivity index (χ2n) is 4.21. The molecule has 2 amide bonds. The van der Waals surface area contributed by atoms with Crippen molar-refractivity contribution in [2.45, 2.75) is 6.42 Å². The molecule has 4 N–H and O–H groups in total. The lowest BCUT2D eigenvalue weighted by molar-refractivity contribution is 0.241. The molecule has 0 unspecified atom stereocenters. The molecule has 0 fully saturated rings. The Kier molecular flexibility index (Phi) is 4.53. The highest BCUT2D eigenvalue weighted by molar-refractivity contribution is 5.73. The predicted octanol–water partition coefficient (Wildman–Crippen LogP) is 2.07. The van der Waals surface area contributed by atoms with Gasteiger partial charge in [0.1, 0.15) is 0 Å². The number of nitrogens with two attached hydrogens (primary N) is 1. The Morgan fingerprint density at radius 3 is 2.21 bits per heavy atom. The summed E-state index contributed by atoms with van der Waals surface area (Å²) >= 11 is 0. The van der Waals surface area contributed by atoms with E-state index in [1.165, 1.54) is 16.7 Å². The third-order valence-electron chi connectivity index (χ3n) is 2.89. The summed E-state index contributed by atoms with van der Waals surface area (Å²) in [6.07, 6.45) is 0.780. The maximum atomic E-state index is 10.9. The number of rotatable bonds is 4. The van der Waals surface area contributed by atoms with Gasteiger partial charge in [-0.05, 0) is 23.1 Å². The van der Waals surface area contributed by atoms with Gasteiger partial charge in [0.25, 0.3) is 0 Å². The lowest BCUT2D eigenvalue weighted by atomic mass is 10.0.